The summed E-state index contributed by atoms with van der Waals surface area (Å²) < 4.78 is 16.0. The van der Waals surface area contributed by atoms with Crippen molar-refractivity contribution in [2.24, 2.45) is 0 Å². The maximum absolute atomic E-state index is 11.9. The average Bonchev–Trinajstić information content (AvgIpc) is 2.62. The predicted octanol–water partition coefficient (Wildman–Crippen LogP) is 3.13. The summed E-state index contributed by atoms with van der Waals surface area (Å²) >= 11 is 0. The van der Waals surface area contributed by atoms with Crippen molar-refractivity contribution in [3.05, 3.63) is 35.9 Å². The molecular weight excluding hydrogens is 331 g/mol. The molecule has 0 aliphatic rings. The van der Waals surface area contributed by atoms with E-state index in [0.717, 1.165) is 25.2 Å². The maximum Gasteiger partial charge on any atom is 0.507 e. The Morgan fingerprint density at radius 2 is 1.75 bits per heavy atom. The van der Waals surface area contributed by atoms with Crippen molar-refractivity contribution < 1.29 is 28.2 Å². The number of nitrogens with zero attached hydrogens (tertiary/aromatic N) is 1. The van der Waals surface area contributed by atoms with Gasteiger partial charge in [0.2, 0.25) is 0 Å². The third-order valence-corrected chi connectivity index (χ3v) is 4.78. The summed E-state index contributed by atoms with van der Waals surface area (Å²) in [5.41, 5.74) is 0.912. The van der Waals surface area contributed by atoms with Gasteiger partial charge in [-0.3, -0.25) is 0 Å². The standard InChI is InChI=1S/C16H27N2O5P/c1-4-18(5-2,6-3)23-24(20)22-13-12-17-16(19)21-14-15-10-8-7-9-11-15/h7-11,24H,4-6,12-14H2,1-3H3/q+1/p+1. The number of hydroxylamine groups is 3. The highest BCUT2D eigenvalue weighted by Crippen LogP contribution is 2.38. The van der Waals surface area contributed by atoms with Crippen LogP contribution in [0.2, 0.25) is 0 Å². The number of rotatable bonds is 11. The van der Waals surface area contributed by atoms with Gasteiger partial charge >= 0.3 is 14.7 Å². The zero-order chi connectivity index (χ0) is 17.8. The lowest BCUT2D eigenvalue weighted by atomic mass is 10.2. The molecule has 1 aromatic rings. The first-order valence-corrected chi connectivity index (χ1v) is 9.44. The van der Waals surface area contributed by atoms with Crippen LogP contribution in [0.25, 0.3) is 0 Å². The number of nitrogens with one attached hydrogen (secondary N) is 1. The number of benzene rings is 1. The fourth-order valence-electron chi connectivity index (χ4n) is 2.11. The molecule has 0 aliphatic heterocycles. The molecule has 0 aromatic heterocycles. The summed E-state index contributed by atoms with van der Waals surface area (Å²) in [4.78, 5) is 23.4. The molecule has 0 spiro atoms. The van der Waals surface area contributed by atoms with E-state index in [4.69, 9.17) is 13.9 Å². The second kappa shape index (κ2) is 11.3. The zero-order valence-corrected chi connectivity index (χ0v) is 15.6. The largest absolute Gasteiger partial charge is 0.507 e. The van der Waals surface area contributed by atoms with E-state index in [1.54, 1.807) is 0 Å². The van der Waals surface area contributed by atoms with Gasteiger partial charge in [0.25, 0.3) is 0 Å². The summed E-state index contributed by atoms with van der Waals surface area (Å²) in [7, 11) is -2.60. The van der Waals surface area contributed by atoms with Gasteiger partial charge < -0.3 is 10.1 Å². The molecule has 1 aromatic carbocycles. The van der Waals surface area contributed by atoms with Crippen LogP contribution < -0.4 is 5.32 Å². The summed E-state index contributed by atoms with van der Waals surface area (Å²) in [5, 5.41) is 2.54. The first-order valence-electron chi connectivity index (χ1n) is 8.22. The van der Waals surface area contributed by atoms with Gasteiger partial charge in [0, 0.05) is 16.1 Å². The van der Waals surface area contributed by atoms with Crippen molar-refractivity contribution in [1.29, 1.82) is 0 Å². The highest BCUT2D eigenvalue weighted by molar-refractivity contribution is 7.40. The molecule has 1 N–H and O–H groups in total. The maximum atomic E-state index is 11.9. The molecule has 1 atom stereocenters. The van der Waals surface area contributed by atoms with Gasteiger partial charge in [-0.2, -0.15) is 4.52 Å². The number of hydrogen-bond acceptors (Lipinski definition) is 4. The third-order valence-electron chi connectivity index (χ3n) is 3.80. The Morgan fingerprint density at radius 3 is 2.33 bits per heavy atom. The lowest BCUT2D eigenvalue weighted by Crippen LogP contribution is -2.46. The van der Waals surface area contributed by atoms with Crippen molar-refractivity contribution in [3.63, 3.8) is 0 Å². The molecule has 0 saturated carbocycles. The normalized spacial score (nSPS) is 12.7. The molecule has 8 heteroatoms. The van der Waals surface area contributed by atoms with Crippen LogP contribution in [0.5, 0.6) is 0 Å². The minimum atomic E-state index is -2.60. The lowest BCUT2D eigenvalue weighted by molar-refractivity contribution is -1.08. The van der Waals surface area contributed by atoms with Gasteiger partial charge in [0.15, 0.2) is 0 Å². The number of amides is 1. The van der Waals surface area contributed by atoms with Crippen LogP contribution in [-0.4, -0.2) is 43.5 Å². The smallest absolute Gasteiger partial charge is 0.445 e. The van der Waals surface area contributed by atoms with Crippen LogP contribution >= 0.6 is 8.60 Å². The van der Waals surface area contributed by atoms with E-state index >= 15 is 0 Å². The van der Waals surface area contributed by atoms with Crippen LogP contribution in [0.1, 0.15) is 26.3 Å². The average molecular weight is 359 g/mol. The second-order valence-corrected chi connectivity index (χ2v) is 6.16. The fraction of sp³-hybridized carbons (Fsp3) is 0.562. The van der Waals surface area contributed by atoms with E-state index in [-0.39, 0.29) is 19.8 Å². The molecule has 0 heterocycles. The fourth-order valence-corrected chi connectivity index (χ4v) is 3.14. The highest BCUT2D eigenvalue weighted by Gasteiger charge is 2.35. The Hall–Kier alpha value is -1.24. The van der Waals surface area contributed by atoms with Crippen molar-refractivity contribution in [1.82, 2.24) is 5.32 Å². The number of quaternary nitrogens is 1. The van der Waals surface area contributed by atoms with Crippen LogP contribution in [0.3, 0.4) is 0 Å². The van der Waals surface area contributed by atoms with E-state index in [1.807, 2.05) is 51.1 Å². The Labute approximate surface area is 145 Å². The summed E-state index contributed by atoms with van der Waals surface area (Å²) in [5.74, 6) is 0. The van der Waals surface area contributed by atoms with Gasteiger partial charge in [-0.05, 0) is 26.3 Å². The zero-order valence-electron chi connectivity index (χ0n) is 14.6. The highest BCUT2D eigenvalue weighted by atomic mass is 31.2. The molecule has 135 valence electrons. The first-order chi connectivity index (χ1) is 11.5. The summed E-state index contributed by atoms with van der Waals surface area (Å²) in [6.07, 6.45) is -0.538. The summed E-state index contributed by atoms with van der Waals surface area (Å²) in [6, 6.07) is 9.40. The molecule has 0 saturated heterocycles. The lowest BCUT2D eigenvalue weighted by Gasteiger charge is -2.27. The number of carbonyl (C=O) groups is 1. The van der Waals surface area contributed by atoms with Gasteiger partial charge in [0.05, 0.1) is 0 Å². The monoisotopic (exact) mass is 359 g/mol. The number of ether oxygens (including phenoxy) is 1. The van der Waals surface area contributed by atoms with Crippen LogP contribution in [0.15, 0.2) is 30.3 Å². The molecule has 1 unspecified atom stereocenters. The molecular formula is C16H28N2O5P+2. The van der Waals surface area contributed by atoms with E-state index in [2.05, 4.69) is 5.32 Å². The molecule has 7 nitrogen and oxygen atoms in total. The Bertz CT molecular complexity index is 463. The second-order valence-electron chi connectivity index (χ2n) is 5.19. The van der Waals surface area contributed by atoms with Crippen LogP contribution in [0.4, 0.5) is 4.79 Å². The van der Waals surface area contributed by atoms with Crippen molar-refractivity contribution >= 4 is 14.7 Å². The molecule has 1 rings (SSSR count). The summed E-state index contributed by atoms with van der Waals surface area (Å²) in [6.45, 7) is 8.61. The number of alkyl carbamates (subject to hydrolysis) is 1. The van der Waals surface area contributed by atoms with E-state index in [9.17, 15) is 9.69 Å². The third kappa shape index (κ3) is 7.55. The predicted molar refractivity (Wildman–Crippen MR) is 92.6 cm³/mol. The Balaban J connectivity index is 2.17. The number of carbonyl (C=O) groups excluding carboxylic acids is 1. The van der Waals surface area contributed by atoms with Gasteiger partial charge in [-0.25, -0.2) is 4.79 Å². The van der Waals surface area contributed by atoms with Crippen LogP contribution in [0, 0.1) is 0 Å². The molecule has 1 amide bonds. The number of hydrogen-bond donors (Lipinski definition) is 1. The SMILES string of the molecule is CC[N+](CC)(CC)O[PH+]([O])OCCNC(=O)OCc1ccccc1. The molecule has 24 heavy (non-hydrogen) atoms. The van der Waals surface area contributed by atoms with Crippen molar-refractivity contribution in [2.75, 3.05) is 32.8 Å². The van der Waals surface area contributed by atoms with Crippen molar-refractivity contribution in [2.45, 2.75) is 27.4 Å². The molecule has 0 fully saturated rings. The Morgan fingerprint density at radius 1 is 1.12 bits per heavy atom. The van der Waals surface area contributed by atoms with E-state index in [1.165, 1.54) is 0 Å². The minimum Gasteiger partial charge on any atom is -0.445 e. The van der Waals surface area contributed by atoms with Gasteiger partial charge in [-0.15, -0.1) is 4.65 Å². The quantitative estimate of drug-likeness (QED) is 0.285. The van der Waals surface area contributed by atoms with Gasteiger partial charge in [-0.1, -0.05) is 30.3 Å². The van der Waals surface area contributed by atoms with E-state index < -0.39 is 14.7 Å². The molecule has 1 radical (unpaired) electrons. The molecule has 0 bridgehead atoms. The van der Waals surface area contributed by atoms with Crippen molar-refractivity contribution in [3.8, 4) is 0 Å². The first kappa shape index (κ1) is 20.8. The Kier molecular flexibility index (Phi) is 9.83. The van der Waals surface area contributed by atoms with E-state index in [0.29, 0.717) is 4.65 Å². The topological polar surface area (TPSA) is 76.7 Å². The minimum absolute atomic E-state index is 0.107. The van der Waals surface area contributed by atoms with Crippen LogP contribution in [-0.2, 0) is 25.4 Å². The molecule has 0 aliphatic carbocycles. The van der Waals surface area contributed by atoms with Gasteiger partial charge in [0.1, 0.15) is 32.8 Å².